The number of aryl methyl sites for hydroxylation is 1. The summed E-state index contributed by atoms with van der Waals surface area (Å²) in [6.45, 7) is 3.86. The first kappa shape index (κ1) is 17.7. The number of nitrogens with zero attached hydrogens (tertiary/aromatic N) is 6. The monoisotopic (exact) mass is 389 g/mol. The van der Waals surface area contributed by atoms with Crippen molar-refractivity contribution in [1.29, 1.82) is 0 Å². The third-order valence-electron chi connectivity index (χ3n) is 5.67. The zero-order valence-corrected chi connectivity index (χ0v) is 16.3. The van der Waals surface area contributed by atoms with E-state index in [4.69, 9.17) is 0 Å². The number of benzene rings is 1. The maximum absolute atomic E-state index is 12.6. The molecule has 0 aliphatic carbocycles. The smallest absolute Gasteiger partial charge is 0.317 e. The second-order valence-corrected chi connectivity index (χ2v) is 7.44. The van der Waals surface area contributed by atoms with Crippen molar-refractivity contribution in [3.63, 3.8) is 0 Å². The third kappa shape index (κ3) is 3.20. The van der Waals surface area contributed by atoms with Gasteiger partial charge in [-0.1, -0.05) is 18.2 Å². The van der Waals surface area contributed by atoms with E-state index in [0.717, 1.165) is 48.7 Å². The van der Waals surface area contributed by atoms with Crippen LogP contribution in [0.4, 0.5) is 4.79 Å². The first-order chi connectivity index (χ1) is 14.2. The lowest BCUT2D eigenvalue weighted by molar-refractivity contribution is 0.171. The van der Waals surface area contributed by atoms with Gasteiger partial charge in [0.2, 0.25) is 0 Å². The Hall–Kier alpha value is -3.42. The van der Waals surface area contributed by atoms with Gasteiger partial charge in [-0.15, -0.1) is 10.2 Å². The van der Waals surface area contributed by atoms with Crippen LogP contribution in [0.1, 0.15) is 30.5 Å². The Morgan fingerprint density at radius 2 is 1.90 bits per heavy atom. The number of carbonyl (C=O) groups excluding carboxylic acids is 1. The van der Waals surface area contributed by atoms with Gasteiger partial charge in [-0.25, -0.2) is 9.78 Å². The zero-order valence-electron chi connectivity index (χ0n) is 16.3. The van der Waals surface area contributed by atoms with Gasteiger partial charge in [-0.05, 0) is 44.0 Å². The molecule has 1 N–H and O–H groups in total. The maximum Gasteiger partial charge on any atom is 0.317 e. The Balaban J connectivity index is 1.22. The molecule has 0 unspecified atom stereocenters. The molecule has 0 saturated carbocycles. The number of likely N-dealkylation sites (tertiary alicyclic amines) is 1. The quantitative estimate of drug-likeness (QED) is 0.584. The maximum atomic E-state index is 12.6. The number of para-hydroxylation sites is 2. The minimum absolute atomic E-state index is 0.0525. The van der Waals surface area contributed by atoms with Crippen molar-refractivity contribution in [2.45, 2.75) is 32.4 Å². The number of carbonyl (C=O) groups is 1. The standard InChI is InChI=1S/C21H23N7O/c1-15-23-17-6-2-3-7-18(17)28(15)16-9-12-26(13-10-16)21(29)22-14-20-25-24-19-8-4-5-11-27(19)20/h2-8,11,16H,9-10,12-14H2,1H3,(H,22,29). The average molecular weight is 389 g/mol. The van der Waals surface area contributed by atoms with Crippen LogP contribution in [0.15, 0.2) is 48.7 Å². The average Bonchev–Trinajstić information content (AvgIpc) is 3.32. The minimum Gasteiger partial charge on any atom is -0.331 e. The Morgan fingerprint density at radius 1 is 1.10 bits per heavy atom. The molecule has 1 aromatic carbocycles. The molecule has 8 nitrogen and oxygen atoms in total. The summed E-state index contributed by atoms with van der Waals surface area (Å²) in [5.41, 5.74) is 2.98. The lowest BCUT2D eigenvalue weighted by Crippen LogP contribution is -2.44. The summed E-state index contributed by atoms with van der Waals surface area (Å²) in [7, 11) is 0. The van der Waals surface area contributed by atoms with E-state index >= 15 is 0 Å². The van der Waals surface area contributed by atoms with Crippen molar-refractivity contribution in [2.24, 2.45) is 0 Å². The molecule has 4 aromatic rings. The second-order valence-electron chi connectivity index (χ2n) is 7.44. The lowest BCUT2D eigenvalue weighted by atomic mass is 10.0. The number of imidazole rings is 1. The van der Waals surface area contributed by atoms with Crippen molar-refractivity contribution >= 4 is 22.7 Å². The number of fused-ring (bicyclic) bond motifs is 2. The van der Waals surface area contributed by atoms with Gasteiger partial charge in [-0.3, -0.25) is 4.40 Å². The molecular formula is C21H23N7O. The molecule has 8 heteroatoms. The molecule has 3 aromatic heterocycles. The number of rotatable bonds is 3. The van der Waals surface area contributed by atoms with Crippen molar-refractivity contribution in [2.75, 3.05) is 13.1 Å². The van der Waals surface area contributed by atoms with Gasteiger partial charge in [0.15, 0.2) is 11.5 Å². The van der Waals surface area contributed by atoms with E-state index in [9.17, 15) is 4.79 Å². The number of aromatic nitrogens is 5. The highest BCUT2D eigenvalue weighted by molar-refractivity contribution is 5.76. The number of nitrogens with one attached hydrogen (secondary N) is 1. The van der Waals surface area contributed by atoms with E-state index in [2.05, 4.69) is 50.2 Å². The topological polar surface area (TPSA) is 80.3 Å². The fourth-order valence-electron chi connectivity index (χ4n) is 4.23. The van der Waals surface area contributed by atoms with Crippen LogP contribution in [0, 0.1) is 6.92 Å². The van der Waals surface area contributed by atoms with Crippen LogP contribution in [0.2, 0.25) is 0 Å². The minimum atomic E-state index is -0.0525. The van der Waals surface area contributed by atoms with Gasteiger partial charge < -0.3 is 14.8 Å². The third-order valence-corrected chi connectivity index (χ3v) is 5.67. The summed E-state index contributed by atoms with van der Waals surface area (Å²) in [5.74, 6) is 1.76. The largest absolute Gasteiger partial charge is 0.331 e. The normalized spacial score (nSPS) is 15.3. The number of piperidine rings is 1. The van der Waals surface area contributed by atoms with Crippen LogP contribution in [0.3, 0.4) is 0 Å². The molecule has 1 aliphatic heterocycles. The molecule has 1 saturated heterocycles. The van der Waals surface area contributed by atoms with E-state index in [1.165, 1.54) is 5.52 Å². The first-order valence-electron chi connectivity index (χ1n) is 9.96. The predicted octanol–water partition coefficient (Wildman–Crippen LogP) is 2.93. The number of urea groups is 1. The highest BCUT2D eigenvalue weighted by atomic mass is 16.2. The molecule has 5 rings (SSSR count). The number of pyridine rings is 1. The van der Waals surface area contributed by atoms with Gasteiger partial charge in [-0.2, -0.15) is 0 Å². The van der Waals surface area contributed by atoms with Gasteiger partial charge >= 0.3 is 6.03 Å². The lowest BCUT2D eigenvalue weighted by Gasteiger charge is -2.33. The molecule has 148 valence electrons. The van der Waals surface area contributed by atoms with E-state index in [-0.39, 0.29) is 6.03 Å². The van der Waals surface area contributed by atoms with Crippen molar-refractivity contribution in [3.05, 3.63) is 60.3 Å². The van der Waals surface area contributed by atoms with Gasteiger partial charge in [0.1, 0.15) is 5.82 Å². The first-order valence-corrected chi connectivity index (χ1v) is 9.96. The van der Waals surface area contributed by atoms with Crippen LogP contribution in [0.5, 0.6) is 0 Å². The summed E-state index contributed by atoms with van der Waals surface area (Å²) >= 11 is 0. The van der Waals surface area contributed by atoms with Crippen molar-refractivity contribution in [3.8, 4) is 0 Å². The van der Waals surface area contributed by atoms with E-state index in [1.54, 1.807) is 0 Å². The van der Waals surface area contributed by atoms with Crippen LogP contribution >= 0.6 is 0 Å². The fourth-order valence-corrected chi connectivity index (χ4v) is 4.23. The molecular weight excluding hydrogens is 366 g/mol. The predicted molar refractivity (Wildman–Crippen MR) is 110 cm³/mol. The van der Waals surface area contributed by atoms with Crippen LogP contribution in [-0.2, 0) is 6.54 Å². The summed E-state index contributed by atoms with van der Waals surface area (Å²) in [6, 6.07) is 14.3. The molecule has 4 heterocycles. The Kier molecular flexibility index (Phi) is 4.38. The summed E-state index contributed by atoms with van der Waals surface area (Å²) in [6.07, 6.45) is 3.74. The van der Waals surface area contributed by atoms with Gasteiger partial charge in [0.25, 0.3) is 0 Å². The number of hydrogen-bond acceptors (Lipinski definition) is 4. The summed E-state index contributed by atoms with van der Waals surface area (Å²) < 4.78 is 4.21. The summed E-state index contributed by atoms with van der Waals surface area (Å²) in [4.78, 5) is 19.2. The molecule has 29 heavy (non-hydrogen) atoms. The van der Waals surface area contributed by atoms with E-state index in [1.807, 2.05) is 39.8 Å². The number of hydrogen-bond donors (Lipinski definition) is 1. The molecule has 2 amide bonds. The Bertz CT molecular complexity index is 1170. The van der Waals surface area contributed by atoms with Crippen molar-refractivity contribution in [1.82, 2.24) is 34.4 Å². The molecule has 0 atom stereocenters. The highest BCUT2D eigenvalue weighted by Crippen LogP contribution is 2.28. The summed E-state index contributed by atoms with van der Waals surface area (Å²) in [5, 5.41) is 11.3. The highest BCUT2D eigenvalue weighted by Gasteiger charge is 2.26. The van der Waals surface area contributed by atoms with Gasteiger partial charge in [0.05, 0.1) is 17.6 Å². The molecule has 0 spiro atoms. The van der Waals surface area contributed by atoms with Gasteiger partial charge in [0, 0.05) is 25.3 Å². The Morgan fingerprint density at radius 3 is 2.76 bits per heavy atom. The molecule has 0 bridgehead atoms. The molecule has 0 radical (unpaired) electrons. The fraction of sp³-hybridized carbons (Fsp3) is 0.333. The molecule has 1 aliphatic rings. The van der Waals surface area contributed by atoms with Crippen LogP contribution in [0.25, 0.3) is 16.7 Å². The van der Waals surface area contributed by atoms with Crippen molar-refractivity contribution < 1.29 is 4.79 Å². The SMILES string of the molecule is Cc1nc2ccccc2n1C1CCN(C(=O)NCc2nnc3ccccn23)CC1. The van der Waals surface area contributed by atoms with E-state index < -0.39 is 0 Å². The molecule has 1 fully saturated rings. The number of amides is 2. The van der Waals surface area contributed by atoms with Crippen LogP contribution in [-0.4, -0.2) is 48.2 Å². The zero-order chi connectivity index (χ0) is 19.8. The second kappa shape index (κ2) is 7.20. The Labute approximate surface area is 168 Å². The van der Waals surface area contributed by atoms with Crippen LogP contribution < -0.4 is 5.32 Å². The van der Waals surface area contributed by atoms with E-state index in [0.29, 0.717) is 12.6 Å².